The zero-order chi connectivity index (χ0) is 25.6. The number of benzene rings is 3. The van der Waals surface area contributed by atoms with E-state index in [0.29, 0.717) is 18.2 Å². The number of hydrazone groups is 1. The minimum absolute atomic E-state index is 0.426. The zero-order valence-electron chi connectivity index (χ0n) is 20.3. The number of rotatable bonds is 8. The molecule has 3 aromatic carbocycles. The first-order valence-electron chi connectivity index (χ1n) is 11.7. The highest BCUT2D eigenvalue weighted by molar-refractivity contribution is 7.98. The van der Waals surface area contributed by atoms with Crippen molar-refractivity contribution in [2.75, 3.05) is 0 Å². The average Bonchev–Trinajstić information content (AvgIpc) is 3.36. The molecule has 6 N–H and O–H groups in total. The number of H-pyrrole nitrogens is 1. The van der Waals surface area contributed by atoms with Gasteiger partial charge in [0.15, 0.2) is 11.0 Å². The van der Waals surface area contributed by atoms with Gasteiger partial charge in [0, 0.05) is 23.1 Å². The number of hydrogen-bond acceptors (Lipinski definition) is 7. The number of pyridine rings is 1. The van der Waals surface area contributed by atoms with Gasteiger partial charge in [-0.05, 0) is 47.9 Å². The number of thioether (sulfide) groups is 1. The molecule has 2 heterocycles. The van der Waals surface area contributed by atoms with Gasteiger partial charge in [0.1, 0.15) is 12.4 Å². The molecule has 37 heavy (non-hydrogen) atoms. The minimum Gasteiger partial charge on any atom is -0.489 e. The van der Waals surface area contributed by atoms with Gasteiger partial charge in [0.25, 0.3) is 0 Å². The van der Waals surface area contributed by atoms with Gasteiger partial charge in [0.2, 0.25) is 0 Å². The van der Waals surface area contributed by atoms with Gasteiger partial charge in [-0.15, -0.1) is 0 Å². The van der Waals surface area contributed by atoms with Crippen molar-refractivity contribution in [1.82, 2.24) is 20.4 Å². The van der Waals surface area contributed by atoms with Gasteiger partial charge < -0.3 is 21.0 Å². The number of para-hydroxylation sites is 2. The van der Waals surface area contributed by atoms with E-state index in [9.17, 15) is 0 Å². The van der Waals surface area contributed by atoms with Crippen LogP contribution in [0.1, 0.15) is 22.4 Å². The SMILES string of the molecule is Cc1c(OCc2ccc(-c3cccc(/C(=N/N)NN)c3)cc2)ccnc1CSc1nc2ccccc2[nH]1. The van der Waals surface area contributed by atoms with Crippen LogP contribution in [-0.2, 0) is 12.4 Å². The van der Waals surface area contributed by atoms with E-state index >= 15 is 0 Å². The third-order valence-corrected chi connectivity index (χ3v) is 6.94. The Morgan fingerprint density at radius 2 is 1.86 bits per heavy atom. The number of hydrazine groups is 1. The lowest BCUT2D eigenvalue weighted by atomic mass is 10.0. The number of nitrogens with one attached hydrogen (secondary N) is 2. The van der Waals surface area contributed by atoms with Crippen molar-refractivity contribution in [3.05, 3.63) is 107 Å². The van der Waals surface area contributed by atoms with E-state index in [1.807, 2.05) is 61.5 Å². The molecule has 0 saturated carbocycles. The topological polar surface area (TPSA) is 127 Å². The van der Waals surface area contributed by atoms with Gasteiger partial charge in [0.05, 0.1) is 16.7 Å². The number of nitrogens with zero attached hydrogens (tertiary/aromatic N) is 3. The lowest BCUT2D eigenvalue weighted by molar-refractivity contribution is 0.303. The van der Waals surface area contributed by atoms with E-state index in [2.05, 4.69) is 49.7 Å². The van der Waals surface area contributed by atoms with E-state index in [1.54, 1.807) is 18.0 Å². The first-order chi connectivity index (χ1) is 18.1. The van der Waals surface area contributed by atoms with E-state index in [0.717, 1.165) is 55.5 Å². The molecule has 0 atom stereocenters. The summed E-state index contributed by atoms with van der Waals surface area (Å²) in [5.41, 5.74) is 10.5. The van der Waals surface area contributed by atoms with Crippen molar-refractivity contribution in [1.29, 1.82) is 0 Å². The first kappa shape index (κ1) is 24.4. The van der Waals surface area contributed by atoms with Gasteiger partial charge in [-0.25, -0.2) is 10.8 Å². The summed E-state index contributed by atoms with van der Waals surface area (Å²) >= 11 is 1.63. The van der Waals surface area contributed by atoms with E-state index in [1.165, 1.54) is 0 Å². The number of aromatic nitrogens is 3. The van der Waals surface area contributed by atoms with Crippen LogP contribution in [0.4, 0.5) is 0 Å². The predicted molar refractivity (Wildman–Crippen MR) is 149 cm³/mol. The smallest absolute Gasteiger partial charge is 0.166 e. The van der Waals surface area contributed by atoms with E-state index < -0.39 is 0 Å². The molecule has 0 fully saturated rings. The second-order valence-corrected chi connectivity index (χ2v) is 9.38. The number of amidine groups is 1. The molecule has 0 unspecified atom stereocenters. The Morgan fingerprint density at radius 1 is 1.03 bits per heavy atom. The Morgan fingerprint density at radius 3 is 2.65 bits per heavy atom. The third-order valence-electron chi connectivity index (χ3n) is 6.06. The molecule has 0 spiro atoms. The number of imidazole rings is 1. The Labute approximate surface area is 219 Å². The molecule has 0 aliphatic carbocycles. The monoisotopic (exact) mass is 509 g/mol. The highest BCUT2D eigenvalue weighted by atomic mass is 32.2. The van der Waals surface area contributed by atoms with Crippen molar-refractivity contribution in [2.24, 2.45) is 16.8 Å². The molecule has 186 valence electrons. The number of hydrogen-bond donors (Lipinski definition) is 4. The summed E-state index contributed by atoms with van der Waals surface area (Å²) < 4.78 is 6.16. The summed E-state index contributed by atoms with van der Waals surface area (Å²) in [6, 6.07) is 26.1. The van der Waals surface area contributed by atoms with Crippen LogP contribution in [-0.4, -0.2) is 20.8 Å². The van der Waals surface area contributed by atoms with Gasteiger partial charge in [-0.3, -0.25) is 4.98 Å². The largest absolute Gasteiger partial charge is 0.489 e. The lowest BCUT2D eigenvalue weighted by Crippen LogP contribution is -2.32. The second kappa shape index (κ2) is 11.2. The molecule has 0 aliphatic rings. The molecule has 0 radical (unpaired) electrons. The van der Waals surface area contributed by atoms with Crippen molar-refractivity contribution in [3.63, 3.8) is 0 Å². The van der Waals surface area contributed by atoms with Gasteiger partial charge >= 0.3 is 0 Å². The minimum atomic E-state index is 0.426. The van der Waals surface area contributed by atoms with Crippen LogP contribution < -0.4 is 21.8 Å². The Hall–Kier alpha value is -4.34. The van der Waals surface area contributed by atoms with Crippen molar-refractivity contribution in [3.8, 4) is 16.9 Å². The molecule has 9 heteroatoms. The maximum Gasteiger partial charge on any atom is 0.166 e. The molecule has 0 bridgehead atoms. The Bertz CT molecular complexity index is 1510. The average molecular weight is 510 g/mol. The molecule has 0 amide bonds. The van der Waals surface area contributed by atoms with E-state index in [-0.39, 0.29) is 0 Å². The second-order valence-electron chi connectivity index (χ2n) is 8.42. The zero-order valence-corrected chi connectivity index (χ0v) is 21.1. The van der Waals surface area contributed by atoms with Crippen molar-refractivity contribution >= 4 is 28.6 Å². The molecular formula is C28H27N7OS. The predicted octanol–water partition coefficient (Wildman–Crippen LogP) is 4.89. The van der Waals surface area contributed by atoms with E-state index in [4.69, 9.17) is 16.4 Å². The number of nitrogens with two attached hydrogens (primary N) is 2. The number of aromatic amines is 1. The van der Waals surface area contributed by atoms with Gasteiger partial charge in [-0.2, -0.15) is 5.10 Å². The Balaban J connectivity index is 1.23. The van der Waals surface area contributed by atoms with Gasteiger partial charge in [-0.1, -0.05) is 66.4 Å². The summed E-state index contributed by atoms with van der Waals surface area (Å²) in [4.78, 5) is 12.6. The normalized spacial score (nSPS) is 11.6. The number of ether oxygens (including phenoxy) is 1. The molecule has 5 rings (SSSR count). The molecule has 2 aromatic heterocycles. The molecule has 8 nitrogen and oxygen atoms in total. The van der Waals surface area contributed by atoms with Crippen LogP contribution in [0.15, 0.2) is 95.3 Å². The molecule has 0 saturated heterocycles. The van der Waals surface area contributed by atoms with Crippen molar-refractivity contribution in [2.45, 2.75) is 24.4 Å². The molecule has 0 aliphatic heterocycles. The summed E-state index contributed by atoms with van der Waals surface area (Å²) in [5, 5.41) is 4.56. The standard InChI is InChI=1S/C28H27N7OS/c1-18-25(17-37-28-32-23-7-2-3-8-24(23)33-28)31-14-13-26(18)36-16-19-9-11-20(12-10-19)21-5-4-6-22(15-21)27(34-29)35-30/h2-15H,16-17,29-30H2,1H3,(H,32,33)(H,34,35). The van der Waals surface area contributed by atoms with Crippen LogP contribution in [0.3, 0.4) is 0 Å². The summed E-state index contributed by atoms with van der Waals surface area (Å²) in [5.74, 6) is 12.9. The quantitative estimate of drug-likeness (QED) is 0.0771. The van der Waals surface area contributed by atoms with Crippen molar-refractivity contribution < 1.29 is 4.74 Å². The van der Waals surface area contributed by atoms with Crippen LogP contribution in [0.25, 0.3) is 22.2 Å². The summed E-state index contributed by atoms with van der Waals surface area (Å²) in [6.45, 7) is 2.50. The summed E-state index contributed by atoms with van der Waals surface area (Å²) in [7, 11) is 0. The summed E-state index contributed by atoms with van der Waals surface area (Å²) in [6.07, 6.45) is 1.79. The fraction of sp³-hybridized carbons (Fsp3) is 0.107. The fourth-order valence-corrected chi connectivity index (χ4v) is 4.90. The van der Waals surface area contributed by atoms with Crippen LogP contribution in [0, 0.1) is 6.92 Å². The maximum atomic E-state index is 6.16. The maximum absolute atomic E-state index is 6.16. The highest BCUT2D eigenvalue weighted by Gasteiger charge is 2.10. The molecule has 5 aromatic rings. The van der Waals surface area contributed by atoms with Crippen LogP contribution in [0.5, 0.6) is 5.75 Å². The Kier molecular flexibility index (Phi) is 7.34. The molecular weight excluding hydrogens is 482 g/mol. The fourth-order valence-electron chi connectivity index (χ4n) is 3.99. The van der Waals surface area contributed by atoms with Crippen LogP contribution >= 0.6 is 11.8 Å². The third kappa shape index (κ3) is 5.58. The lowest BCUT2D eigenvalue weighted by Gasteiger charge is -2.12. The highest BCUT2D eigenvalue weighted by Crippen LogP contribution is 2.28. The first-order valence-corrected chi connectivity index (χ1v) is 12.7. The van der Waals surface area contributed by atoms with Crippen LogP contribution in [0.2, 0.25) is 0 Å². The number of fused-ring (bicyclic) bond motifs is 1.